The average Bonchev–Trinajstić information content (AvgIpc) is 2.61. The van der Waals surface area contributed by atoms with E-state index >= 15 is 0 Å². The van der Waals surface area contributed by atoms with Gasteiger partial charge in [-0.2, -0.15) is 0 Å². The van der Waals surface area contributed by atoms with E-state index in [2.05, 4.69) is 5.32 Å². The van der Waals surface area contributed by atoms with E-state index in [0.717, 1.165) is 11.1 Å². The fourth-order valence-corrected chi connectivity index (χ4v) is 2.58. The van der Waals surface area contributed by atoms with Crippen molar-refractivity contribution in [2.75, 3.05) is 6.61 Å². The first-order valence-corrected chi connectivity index (χ1v) is 8.50. The molecule has 6 heteroatoms. The largest absolute Gasteiger partial charge is 0.456 e. The number of ether oxygens (including phenoxy) is 1. The fourth-order valence-electron chi connectivity index (χ4n) is 2.35. The number of carbonyl (C=O) groups is 3. The van der Waals surface area contributed by atoms with Crippen molar-refractivity contribution >= 4 is 29.3 Å². The Morgan fingerprint density at radius 1 is 1.08 bits per heavy atom. The van der Waals surface area contributed by atoms with E-state index in [0.29, 0.717) is 5.56 Å². The summed E-state index contributed by atoms with van der Waals surface area (Å²) < 4.78 is 5.05. The second-order valence-electron chi connectivity index (χ2n) is 6.02. The van der Waals surface area contributed by atoms with Gasteiger partial charge in [-0.1, -0.05) is 41.4 Å². The summed E-state index contributed by atoms with van der Waals surface area (Å²) in [5.41, 5.74) is 2.55. The van der Waals surface area contributed by atoms with Crippen LogP contribution in [0.2, 0.25) is 5.02 Å². The number of ketones is 1. The summed E-state index contributed by atoms with van der Waals surface area (Å²) in [6.45, 7) is 4.81. The zero-order chi connectivity index (χ0) is 19.3. The molecule has 2 aromatic rings. The van der Waals surface area contributed by atoms with Crippen molar-refractivity contribution in [2.45, 2.75) is 26.8 Å². The van der Waals surface area contributed by atoms with Gasteiger partial charge in [-0.05, 0) is 44.5 Å². The third-order valence-corrected chi connectivity index (χ3v) is 4.19. The molecular formula is C20H20ClNO4. The Hall–Kier alpha value is -2.66. The Morgan fingerprint density at radius 3 is 2.46 bits per heavy atom. The lowest BCUT2D eigenvalue weighted by molar-refractivity contribution is -0.144. The number of esters is 1. The monoisotopic (exact) mass is 373 g/mol. The van der Waals surface area contributed by atoms with Crippen LogP contribution in [0.3, 0.4) is 0 Å². The van der Waals surface area contributed by atoms with Gasteiger partial charge in [-0.15, -0.1) is 0 Å². The smallest absolute Gasteiger partial charge is 0.328 e. The number of hydrogen-bond acceptors (Lipinski definition) is 4. The number of rotatable bonds is 6. The molecule has 0 aliphatic rings. The Morgan fingerprint density at radius 2 is 1.77 bits per heavy atom. The van der Waals surface area contributed by atoms with Gasteiger partial charge < -0.3 is 10.1 Å². The second-order valence-corrected chi connectivity index (χ2v) is 6.43. The van der Waals surface area contributed by atoms with E-state index in [-0.39, 0.29) is 23.0 Å². The number of aryl methyl sites for hydroxylation is 2. The minimum Gasteiger partial charge on any atom is -0.456 e. The molecule has 1 atom stereocenters. The molecule has 0 aliphatic heterocycles. The van der Waals surface area contributed by atoms with Gasteiger partial charge in [0.15, 0.2) is 6.61 Å². The van der Waals surface area contributed by atoms with E-state index < -0.39 is 17.9 Å². The number of nitrogens with one attached hydrogen (secondary N) is 1. The van der Waals surface area contributed by atoms with Gasteiger partial charge in [-0.25, -0.2) is 4.79 Å². The maximum atomic E-state index is 12.3. The van der Waals surface area contributed by atoms with Crippen LogP contribution >= 0.6 is 11.6 Å². The molecule has 0 spiro atoms. The van der Waals surface area contributed by atoms with Crippen molar-refractivity contribution in [3.63, 3.8) is 0 Å². The highest BCUT2D eigenvalue weighted by Gasteiger charge is 2.21. The highest BCUT2D eigenvalue weighted by atomic mass is 35.5. The maximum Gasteiger partial charge on any atom is 0.328 e. The van der Waals surface area contributed by atoms with Crippen molar-refractivity contribution in [3.8, 4) is 0 Å². The molecule has 0 saturated carbocycles. The molecule has 0 fully saturated rings. The van der Waals surface area contributed by atoms with Gasteiger partial charge in [0.2, 0.25) is 5.78 Å². The van der Waals surface area contributed by atoms with E-state index in [9.17, 15) is 14.4 Å². The van der Waals surface area contributed by atoms with Crippen LogP contribution in [0, 0.1) is 13.8 Å². The number of amides is 1. The number of benzene rings is 2. The molecule has 5 nitrogen and oxygen atoms in total. The molecule has 0 saturated heterocycles. The van der Waals surface area contributed by atoms with Crippen LogP contribution in [0.15, 0.2) is 42.5 Å². The van der Waals surface area contributed by atoms with E-state index in [4.69, 9.17) is 16.3 Å². The van der Waals surface area contributed by atoms with Gasteiger partial charge in [-0.3, -0.25) is 9.59 Å². The highest BCUT2D eigenvalue weighted by Crippen LogP contribution is 2.15. The summed E-state index contributed by atoms with van der Waals surface area (Å²) in [6.07, 6.45) is 0. The van der Waals surface area contributed by atoms with Crippen LogP contribution in [0.25, 0.3) is 0 Å². The van der Waals surface area contributed by atoms with Crippen LogP contribution in [-0.2, 0) is 9.53 Å². The van der Waals surface area contributed by atoms with Crippen molar-refractivity contribution in [1.29, 1.82) is 0 Å². The van der Waals surface area contributed by atoms with E-state index in [1.54, 1.807) is 30.3 Å². The maximum absolute atomic E-state index is 12.3. The minimum absolute atomic E-state index is 0.264. The van der Waals surface area contributed by atoms with Crippen LogP contribution in [0.5, 0.6) is 0 Å². The van der Waals surface area contributed by atoms with Crippen molar-refractivity contribution in [1.82, 2.24) is 5.32 Å². The molecule has 0 aliphatic carbocycles. The van der Waals surface area contributed by atoms with Crippen molar-refractivity contribution in [2.24, 2.45) is 0 Å². The summed E-state index contributed by atoms with van der Waals surface area (Å²) in [5, 5.41) is 2.80. The number of hydrogen-bond donors (Lipinski definition) is 1. The van der Waals surface area contributed by atoms with Crippen molar-refractivity contribution in [3.05, 3.63) is 69.7 Å². The van der Waals surface area contributed by atoms with Gasteiger partial charge in [0.1, 0.15) is 6.04 Å². The standard InChI is InChI=1S/C20H20ClNO4/c1-12-8-9-13(2)16(10-12)18(23)11-26-20(25)14(3)22-19(24)15-6-4-5-7-17(15)21/h4-10,14H,11H2,1-3H3,(H,22,24)/t14-/m0/s1. The zero-order valence-corrected chi connectivity index (χ0v) is 15.6. The average molecular weight is 374 g/mol. The molecule has 1 N–H and O–H groups in total. The summed E-state index contributed by atoms with van der Waals surface area (Å²) in [7, 11) is 0. The molecular weight excluding hydrogens is 354 g/mol. The summed E-state index contributed by atoms with van der Waals surface area (Å²) in [4.78, 5) is 36.5. The lowest BCUT2D eigenvalue weighted by Crippen LogP contribution is -2.40. The molecule has 1 amide bonds. The van der Waals surface area contributed by atoms with Crippen LogP contribution in [0.4, 0.5) is 0 Å². The molecule has 136 valence electrons. The lowest BCUT2D eigenvalue weighted by Gasteiger charge is -2.14. The SMILES string of the molecule is Cc1ccc(C)c(C(=O)COC(=O)[C@H](C)NC(=O)c2ccccc2Cl)c1. The van der Waals surface area contributed by atoms with Crippen LogP contribution < -0.4 is 5.32 Å². The van der Waals surface area contributed by atoms with Gasteiger partial charge in [0, 0.05) is 5.56 Å². The molecule has 0 bridgehead atoms. The minimum atomic E-state index is -0.912. The molecule has 0 aromatic heterocycles. The van der Waals surface area contributed by atoms with Crippen molar-refractivity contribution < 1.29 is 19.1 Å². The molecule has 0 unspecified atom stereocenters. The number of Topliss-reactive ketones (excluding diaryl/α,β-unsaturated/α-hetero) is 1. The first-order valence-electron chi connectivity index (χ1n) is 8.12. The lowest BCUT2D eigenvalue weighted by atomic mass is 10.0. The second kappa shape index (κ2) is 8.63. The first-order chi connectivity index (χ1) is 12.3. The Balaban J connectivity index is 1.93. The Labute approximate surface area is 157 Å². The fraction of sp³-hybridized carbons (Fsp3) is 0.250. The summed E-state index contributed by atoms with van der Waals surface area (Å²) in [5.74, 6) is -1.46. The van der Waals surface area contributed by atoms with Gasteiger partial charge >= 0.3 is 5.97 Å². The van der Waals surface area contributed by atoms with E-state index in [1.165, 1.54) is 6.92 Å². The summed E-state index contributed by atoms with van der Waals surface area (Å²) >= 11 is 5.96. The molecule has 0 radical (unpaired) electrons. The summed E-state index contributed by atoms with van der Waals surface area (Å²) in [6, 6.07) is 11.1. The molecule has 2 aromatic carbocycles. The third kappa shape index (κ3) is 4.92. The predicted molar refractivity (Wildman–Crippen MR) is 99.6 cm³/mol. The van der Waals surface area contributed by atoms with E-state index in [1.807, 2.05) is 26.0 Å². The third-order valence-electron chi connectivity index (χ3n) is 3.86. The van der Waals surface area contributed by atoms with Crippen LogP contribution in [-0.4, -0.2) is 30.3 Å². The first kappa shape index (κ1) is 19.7. The van der Waals surface area contributed by atoms with Crippen LogP contribution in [0.1, 0.15) is 38.8 Å². The van der Waals surface area contributed by atoms with Gasteiger partial charge in [0.25, 0.3) is 5.91 Å². The number of halogens is 1. The Bertz CT molecular complexity index is 847. The molecule has 2 rings (SSSR count). The quantitative estimate of drug-likeness (QED) is 0.621. The Kier molecular flexibility index (Phi) is 6.52. The zero-order valence-electron chi connectivity index (χ0n) is 14.8. The molecule has 0 heterocycles. The highest BCUT2D eigenvalue weighted by molar-refractivity contribution is 6.33. The predicted octanol–water partition coefficient (Wildman–Crippen LogP) is 3.50. The van der Waals surface area contributed by atoms with Gasteiger partial charge in [0.05, 0.1) is 10.6 Å². The molecule has 26 heavy (non-hydrogen) atoms. The normalized spacial score (nSPS) is 11.5. The number of carbonyl (C=O) groups excluding carboxylic acids is 3. The topological polar surface area (TPSA) is 72.5 Å².